The topological polar surface area (TPSA) is 49.6 Å². The summed E-state index contributed by atoms with van der Waals surface area (Å²) in [7, 11) is 0. The zero-order chi connectivity index (χ0) is 14.3. The molecular formula is C15H25N3O. The summed E-state index contributed by atoms with van der Waals surface area (Å²) in [5.74, 6) is 0.197. The predicted octanol–water partition coefficient (Wildman–Crippen LogP) is 1.96. The van der Waals surface area contributed by atoms with Crippen molar-refractivity contribution in [1.82, 2.24) is 9.80 Å². The van der Waals surface area contributed by atoms with Gasteiger partial charge in [-0.05, 0) is 38.1 Å². The lowest BCUT2D eigenvalue weighted by Crippen LogP contribution is -2.39. The third kappa shape index (κ3) is 4.91. The molecule has 0 aliphatic carbocycles. The van der Waals surface area contributed by atoms with Crippen LogP contribution in [0.3, 0.4) is 0 Å². The number of hydrogen-bond donors (Lipinski definition) is 1. The summed E-state index contributed by atoms with van der Waals surface area (Å²) in [6.45, 7) is 9.76. The zero-order valence-corrected chi connectivity index (χ0v) is 12.2. The average Bonchev–Trinajstić information content (AvgIpc) is 2.41. The van der Waals surface area contributed by atoms with Gasteiger partial charge in [-0.3, -0.25) is 9.69 Å². The summed E-state index contributed by atoms with van der Waals surface area (Å²) in [5, 5.41) is 0. The molecule has 0 heterocycles. The molecule has 0 saturated heterocycles. The Bertz CT molecular complexity index is 385. The summed E-state index contributed by atoms with van der Waals surface area (Å²) in [5.41, 5.74) is 7.63. The fraction of sp³-hybridized carbons (Fsp3) is 0.533. The number of carbonyl (C=O) groups is 1. The molecule has 1 aromatic rings. The number of likely N-dealkylation sites (N-methyl/N-ethyl adjacent to an activating group) is 2. The van der Waals surface area contributed by atoms with Crippen molar-refractivity contribution in [3.63, 3.8) is 0 Å². The van der Waals surface area contributed by atoms with Gasteiger partial charge in [-0.25, -0.2) is 0 Å². The van der Waals surface area contributed by atoms with E-state index in [9.17, 15) is 4.79 Å². The highest BCUT2D eigenvalue weighted by Gasteiger charge is 2.14. The second-order valence-electron chi connectivity index (χ2n) is 4.61. The summed E-state index contributed by atoms with van der Waals surface area (Å²) in [6, 6.07) is 7.82. The number of amides is 1. The molecule has 0 unspecified atom stereocenters. The first-order chi connectivity index (χ1) is 9.10. The molecule has 0 radical (unpaired) electrons. The number of carbonyl (C=O) groups excluding carboxylic acids is 1. The van der Waals surface area contributed by atoms with Crippen molar-refractivity contribution in [2.24, 2.45) is 0 Å². The molecule has 1 rings (SSSR count). The van der Waals surface area contributed by atoms with Crippen LogP contribution in [0.1, 0.15) is 26.3 Å². The first kappa shape index (κ1) is 15.5. The second-order valence-corrected chi connectivity index (χ2v) is 4.61. The van der Waals surface area contributed by atoms with Crippen LogP contribution in [0.4, 0.5) is 5.69 Å². The van der Waals surface area contributed by atoms with Gasteiger partial charge in [-0.2, -0.15) is 0 Å². The third-order valence-electron chi connectivity index (χ3n) is 3.31. The van der Waals surface area contributed by atoms with Crippen LogP contribution in [-0.2, 0) is 11.3 Å². The SMILES string of the molecule is CCN(CC(=O)N(CC)CC)Cc1ccc(N)cc1. The Morgan fingerprint density at radius 2 is 1.63 bits per heavy atom. The molecule has 1 aromatic carbocycles. The minimum absolute atomic E-state index is 0.197. The standard InChI is InChI=1S/C15H25N3O/c1-4-17(12-15(19)18(5-2)6-3)11-13-7-9-14(16)10-8-13/h7-10H,4-6,11-12,16H2,1-3H3. The van der Waals surface area contributed by atoms with Gasteiger partial charge in [-0.1, -0.05) is 19.1 Å². The van der Waals surface area contributed by atoms with Crippen LogP contribution >= 0.6 is 0 Å². The quantitative estimate of drug-likeness (QED) is 0.765. The largest absolute Gasteiger partial charge is 0.399 e. The maximum Gasteiger partial charge on any atom is 0.236 e. The van der Waals surface area contributed by atoms with Crippen LogP contribution in [0.2, 0.25) is 0 Å². The highest BCUT2D eigenvalue weighted by atomic mass is 16.2. The summed E-state index contributed by atoms with van der Waals surface area (Å²) in [6.07, 6.45) is 0. The van der Waals surface area contributed by atoms with E-state index in [1.165, 1.54) is 5.56 Å². The van der Waals surface area contributed by atoms with Gasteiger partial charge >= 0.3 is 0 Å². The van der Waals surface area contributed by atoms with Crippen LogP contribution < -0.4 is 5.73 Å². The Kier molecular flexibility index (Phi) is 6.36. The van der Waals surface area contributed by atoms with E-state index >= 15 is 0 Å². The van der Waals surface area contributed by atoms with E-state index in [-0.39, 0.29) is 5.91 Å². The summed E-state index contributed by atoms with van der Waals surface area (Å²) in [4.78, 5) is 16.1. The van der Waals surface area contributed by atoms with Crippen LogP contribution in [0.25, 0.3) is 0 Å². The molecule has 0 bridgehead atoms. The van der Waals surface area contributed by atoms with Crippen molar-refractivity contribution in [1.29, 1.82) is 0 Å². The molecule has 0 spiro atoms. The number of nitrogen functional groups attached to an aromatic ring is 1. The minimum Gasteiger partial charge on any atom is -0.399 e. The third-order valence-corrected chi connectivity index (χ3v) is 3.31. The lowest BCUT2D eigenvalue weighted by atomic mass is 10.2. The maximum absolute atomic E-state index is 12.1. The normalized spacial score (nSPS) is 10.7. The molecule has 0 atom stereocenters. The van der Waals surface area contributed by atoms with Crippen molar-refractivity contribution >= 4 is 11.6 Å². The van der Waals surface area contributed by atoms with E-state index in [1.54, 1.807) is 0 Å². The van der Waals surface area contributed by atoms with Crippen LogP contribution in [0, 0.1) is 0 Å². The lowest BCUT2D eigenvalue weighted by Gasteiger charge is -2.25. The molecule has 0 saturated carbocycles. The van der Waals surface area contributed by atoms with Gasteiger partial charge in [0.1, 0.15) is 0 Å². The van der Waals surface area contributed by atoms with E-state index < -0.39 is 0 Å². The van der Waals surface area contributed by atoms with Gasteiger partial charge < -0.3 is 10.6 Å². The Morgan fingerprint density at radius 1 is 1.05 bits per heavy atom. The van der Waals surface area contributed by atoms with Crippen molar-refractivity contribution in [3.8, 4) is 0 Å². The number of benzene rings is 1. The minimum atomic E-state index is 0.197. The summed E-state index contributed by atoms with van der Waals surface area (Å²) < 4.78 is 0. The molecule has 2 N–H and O–H groups in total. The molecule has 4 heteroatoms. The molecule has 1 amide bonds. The summed E-state index contributed by atoms with van der Waals surface area (Å²) >= 11 is 0. The van der Waals surface area contributed by atoms with Gasteiger partial charge in [0.2, 0.25) is 5.91 Å². The molecule has 0 aliphatic rings. The Balaban J connectivity index is 2.58. The molecule has 0 fully saturated rings. The molecular weight excluding hydrogens is 238 g/mol. The highest BCUT2D eigenvalue weighted by molar-refractivity contribution is 5.78. The van der Waals surface area contributed by atoms with Crippen molar-refractivity contribution in [2.45, 2.75) is 27.3 Å². The maximum atomic E-state index is 12.1. The second kappa shape index (κ2) is 7.79. The van der Waals surface area contributed by atoms with Gasteiger partial charge in [0.05, 0.1) is 6.54 Å². The first-order valence-electron chi connectivity index (χ1n) is 6.95. The Hall–Kier alpha value is -1.55. The molecule has 4 nitrogen and oxygen atoms in total. The van der Waals surface area contributed by atoms with E-state index in [0.717, 1.165) is 31.9 Å². The molecule has 106 valence electrons. The van der Waals surface area contributed by atoms with Crippen molar-refractivity contribution in [2.75, 3.05) is 31.9 Å². The fourth-order valence-electron chi connectivity index (χ4n) is 2.03. The number of hydrogen-bond acceptors (Lipinski definition) is 3. The smallest absolute Gasteiger partial charge is 0.236 e. The van der Waals surface area contributed by atoms with Gasteiger partial charge in [0.15, 0.2) is 0 Å². The molecule has 0 aromatic heterocycles. The predicted molar refractivity (Wildman–Crippen MR) is 79.7 cm³/mol. The highest BCUT2D eigenvalue weighted by Crippen LogP contribution is 2.08. The Labute approximate surface area is 116 Å². The number of nitrogens with zero attached hydrogens (tertiary/aromatic N) is 2. The van der Waals surface area contributed by atoms with Crippen LogP contribution in [0.5, 0.6) is 0 Å². The average molecular weight is 263 g/mol. The van der Waals surface area contributed by atoms with Gasteiger partial charge in [0.25, 0.3) is 0 Å². The van der Waals surface area contributed by atoms with Crippen LogP contribution in [-0.4, -0.2) is 41.9 Å². The van der Waals surface area contributed by atoms with E-state index in [1.807, 2.05) is 43.0 Å². The van der Waals surface area contributed by atoms with Crippen LogP contribution in [0.15, 0.2) is 24.3 Å². The van der Waals surface area contributed by atoms with Gasteiger partial charge in [-0.15, -0.1) is 0 Å². The van der Waals surface area contributed by atoms with E-state index in [2.05, 4.69) is 11.8 Å². The van der Waals surface area contributed by atoms with Gasteiger partial charge in [0, 0.05) is 25.3 Å². The molecule has 0 aliphatic heterocycles. The number of rotatable bonds is 7. The van der Waals surface area contributed by atoms with E-state index in [4.69, 9.17) is 5.73 Å². The fourth-order valence-corrected chi connectivity index (χ4v) is 2.03. The monoisotopic (exact) mass is 263 g/mol. The van der Waals surface area contributed by atoms with Crippen molar-refractivity contribution < 1.29 is 4.79 Å². The number of anilines is 1. The first-order valence-corrected chi connectivity index (χ1v) is 6.95. The zero-order valence-electron chi connectivity index (χ0n) is 12.2. The van der Waals surface area contributed by atoms with Crippen molar-refractivity contribution in [3.05, 3.63) is 29.8 Å². The lowest BCUT2D eigenvalue weighted by molar-refractivity contribution is -0.132. The Morgan fingerprint density at radius 3 is 2.11 bits per heavy atom. The molecule has 19 heavy (non-hydrogen) atoms. The number of nitrogens with two attached hydrogens (primary N) is 1. The van der Waals surface area contributed by atoms with E-state index in [0.29, 0.717) is 6.54 Å².